The Labute approximate surface area is 139 Å². The van der Waals surface area contributed by atoms with Crippen LogP contribution in [0.4, 0.5) is 0 Å². The lowest BCUT2D eigenvalue weighted by Crippen LogP contribution is -2.45. The molecule has 0 aromatic carbocycles. The van der Waals surface area contributed by atoms with E-state index in [0.29, 0.717) is 12.0 Å². The molecule has 0 aliphatic heterocycles. The molecule has 0 radical (unpaired) electrons. The van der Waals surface area contributed by atoms with Crippen LogP contribution in [0.3, 0.4) is 0 Å². The van der Waals surface area contributed by atoms with Gasteiger partial charge in [-0.2, -0.15) is 0 Å². The van der Waals surface area contributed by atoms with Crippen LogP contribution in [0.25, 0.3) is 0 Å². The Balaban J connectivity index is 2.44. The standard InChI is InChI=1S/C16H31N5S/c1-7-14-10-18-15(22-14)11-20-16(17-4)19-9-13(21(5)6)8-12(2)3/h10,12-13H,7-9,11H2,1-6H3,(H2,17,19,20). The molecule has 1 rings (SSSR count). The summed E-state index contributed by atoms with van der Waals surface area (Å²) in [5.41, 5.74) is 0. The number of guanidine groups is 1. The molecule has 0 bridgehead atoms. The highest BCUT2D eigenvalue weighted by atomic mass is 32.1. The summed E-state index contributed by atoms with van der Waals surface area (Å²) in [6.45, 7) is 8.29. The minimum absolute atomic E-state index is 0.505. The van der Waals surface area contributed by atoms with Gasteiger partial charge in [0.25, 0.3) is 0 Å². The van der Waals surface area contributed by atoms with Crippen molar-refractivity contribution >= 4 is 17.3 Å². The van der Waals surface area contributed by atoms with E-state index >= 15 is 0 Å². The lowest BCUT2D eigenvalue weighted by atomic mass is 10.0. The molecule has 0 spiro atoms. The van der Waals surface area contributed by atoms with E-state index in [1.165, 1.54) is 11.3 Å². The summed E-state index contributed by atoms with van der Waals surface area (Å²) in [5.74, 6) is 1.52. The van der Waals surface area contributed by atoms with E-state index in [9.17, 15) is 0 Å². The van der Waals surface area contributed by atoms with Gasteiger partial charge in [-0.15, -0.1) is 11.3 Å². The highest BCUT2D eigenvalue weighted by Gasteiger charge is 2.13. The molecule has 126 valence electrons. The van der Waals surface area contributed by atoms with Crippen LogP contribution < -0.4 is 10.6 Å². The summed E-state index contributed by atoms with van der Waals surface area (Å²) in [6.07, 6.45) is 4.18. The minimum Gasteiger partial charge on any atom is -0.355 e. The Morgan fingerprint density at radius 1 is 1.36 bits per heavy atom. The maximum absolute atomic E-state index is 4.42. The first kappa shape index (κ1) is 18.9. The molecular weight excluding hydrogens is 294 g/mol. The fourth-order valence-corrected chi connectivity index (χ4v) is 3.01. The highest BCUT2D eigenvalue weighted by Crippen LogP contribution is 2.12. The number of nitrogens with one attached hydrogen (secondary N) is 2. The molecule has 1 heterocycles. The van der Waals surface area contributed by atoms with E-state index in [4.69, 9.17) is 0 Å². The fraction of sp³-hybridized carbons (Fsp3) is 0.750. The van der Waals surface area contributed by atoms with Crippen LogP contribution in [0.2, 0.25) is 0 Å². The summed E-state index contributed by atoms with van der Waals surface area (Å²) < 4.78 is 0. The fourth-order valence-electron chi connectivity index (χ4n) is 2.21. The van der Waals surface area contributed by atoms with Gasteiger partial charge < -0.3 is 15.5 Å². The third-order valence-corrected chi connectivity index (χ3v) is 4.70. The SMILES string of the molecule is CCc1cnc(CNC(=NC)NCC(CC(C)C)N(C)C)s1. The van der Waals surface area contributed by atoms with Gasteiger partial charge in [0.2, 0.25) is 0 Å². The first-order valence-corrected chi connectivity index (χ1v) is 8.82. The van der Waals surface area contributed by atoms with Gasteiger partial charge >= 0.3 is 0 Å². The normalized spacial score (nSPS) is 13.7. The van der Waals surface area contributed by atoms with Crippen molar-refractivity contribution in [1.29, 1.82) is 0 Å². The van der Waals surface area contributed by atoms with Crippen molar-refractivity contribution < 1.29 is 0 Å². The van der Waals surface area contributed by atoms with Crippen LogP contribution in [0.1, 0.15) is 37.1 Å². The van der Waals surface area contributed by atoms with Crippen LogP contribution in [-0.2, 0) is 13.0 Å². The molecule has 1 aromatic rings. The van der Waals surface area contributed by atoms with Crippen LogP contribution in [-0.4, -0.2) is 49.6 Å². The molecule has 2 N–H and O–H groups in total. The minimum atomic E-state index is 0.505. The smallest absolute Gasteiger partial charge is 0.191 e. The van der Waals surface area contributed by atoms with E-state index in [1.807, 2.05) is 13.2 Å². The van der Waals surface area contributed by atoms with E-state index in [0.717, 1.165) is 30.5 Å². The van der Waals surface area contributed by atoms with Crippen LogP contribution in [0, 0.1) is 5.92 Å². The van der Waals surface area contributed by atoms with Crippen molar-refractivity contribution in [2.75, 3.05) is 27.7 Å². The van der Waals surface area contributed by atoms with Crippen molar-refractivity contribution in [2.24, 2.45) is 10.9 Å². The van der Waals surface area contributed by atoms with E-state index in [-0.39, 0.29) is 0 Å². The van der Waals surface area contributed by atoms with Gasteiger partial charge in [0.15, 0.2) is 5.96 Å². The monoisotopic (exact) mass is 325 g/mol. The van der Waals surface area contributed by atoms with Gasteiger partial charge in [0.05, 0.1) is 6.54 Å². The van der Waals surface area contributed by atoms with Gasteiger partial charge in [0, 0.05) is 30.7 Å². The number of aryl methyl sites for hydroxylation is 1. The average molecular weight is 326 g/mol. The number of aliphatic imine (C=N–C) groups is 1. The number of nitrogens with zero attached hydrogens (tertiary/aromatic N) is 3. The molecule has 22 heavy (non-hydrogen) atoms. The van der Waals surface area contributed by atoms with Crippen molar-refractivity contribution in [2.45, 2.75) is 46.2 Å². The van der Waals surface area contributed by atoms with Crippen molar-refractivity contribution in [3.05, 3.63) is 16.1 Å². The highest BCUT2D eigenvalue weighted by molar-refractivity contribution is 7.11. The zero-order chi connectivity index (χ0) is 16.5. The second-order valence-electron chi connectivity index (χ2n) is 6.13. The predicted octanol–water partition coefficient (Wildman–Crippen LogP) is 2.35. The second kappa shape index (κ2) is 9.79. The Morgan fingerprint density at radius 2 is 2.09 bits per heavy atom. The topological polar surface area (TPSA) is 52.6 Å². The summed E-state index contributed by atoms with van der Waals surface area (Å²) >= 11 is 1.76. The molecule has 5 nitrogen and oxygen atoms in total. The van der Waals surface area contributed by atoms with Gasteiger partial charge in [-0.3, -0.25) is 4.99 Å². The third-order valence-electron chi connectivity index (χ3n) is 3.56. The van der Waals surface area contributed by atoms with Crippen LogP contribution in [0.5, 0.6) is 0 Å². The number of rotatable bonds is 8. The molecule has 0 saturated carbocycles. The molecule has 0 aliphatic rings. The zero-order valence-electron chi connectivity index (χ0n) is 14.8. The lowest BCUT2D eigenvalue weighted by Gasteiger charge is -2.27. The predicted molar refractivity (Wildman–Crippen MR) is 96.6 cm³/mol. The van der Waals surface area contributed by atoms with Crippen LogP contribution in [0.15, 0.2) is 11.2 Å². The Kier molecular flexibility index (Phi) is 8.42. The Bertz CT molecular complexity index is 453. The van der Waals surface area contributed by atoms with Crippen LogP contribution >= 0.6 is 11.3 Å². The summed E-state index contributed by atoms with van der Waals surface area (Å²) in [7, 11) is 6.07. The maximum atomic E-state index is 4.42. The number of likely N-dealkylation sites (N-methyl/N-ethyl adjacent to an activating group) is 1. The quantitative estimate of drug-likeness (QED) is 0.569. The molecule has 0 aliphatic carbocycles. The Morgan fingerprint density at radius 3 is 2.59 bits per heavy atom. The van der Waals surface area contributed by atoms with E-state index in [1.54, 1.807) is 11.3 Å². The molecule has 0 amide bonds. The van der Waals surface area contributed by atoms with Crippen molar-refractivity contribution in [1.82, 2.24) is 20.5 Å². The number of hydrogen-bond acceptors (Lipinski definition) is 4. The van der Waals surface area contributed by atoms with Gasteiger partial charge in [0.1, 0.15) is 5.01 Å². The maximum Gasteiger partial charge on any atom is 0.191 e. The van der Waals surface area contributed by atoms with E-state index < -0.39 is 0 Å². The molecular formula is C16H31N5S. The molecule has 1 aromatic heterocycles. The first-order valence-electron chi connectivity index (χ1n) is 8.00. The van der Waals surface area contributed by atoms with Gasteiger partial charge in [-0.05, 0) is 32.9 Å². The lowest BCUT2D eigenvalue weighted by molar-refractivity contribution is 0.254. The van der Waals surface area contributed by atoms with Gasteiger partial charge in [-0.1, -0.05) is 20.8 Å². The number of aromatic nitrogens is 1. The average Bonchev–Trinajstić information content (AvgIpc) is 2.93. The first-order chi connectivity index (χ1) is 10.5. The molecule has 1 unspecified atom stereocenters. The Hall–Kier alpha value is -1.14. The zero-order valence-corrected chi connectivity index (χ0v) is 15.6. The van der Waals surface area contributed by atoms with Crippen molar-refractivity contribution in [3.63, 3.8) is 0 Å². The van der Waals surface area contributed by atoms with Gasteiger partial charge in [-0.25, -0.2) is 4.98 Å². The van der Waals surface area contributed by atoms with E-state index in [2.05, 4.69) is 60.4 Å². The molecule has 0 fully saturated rings. The second-order valence-corrected chi connectivity index (χ2v) is 7.33. The third kappa shape index (κ3) is 6.75. The molecule has 0 saturated heterocycles. The largest absolute Gasteiger partial charge is 0.355 e. The number of thiazole rings is 1. The molecule has 6 heteroatoms. The van der Waals surface area contributed by atoms with Crippen molar-refractivity contribution in [3.8, 4) is 0 Å². The summed E-state index contributed by atoms with van der Waals surface area (Å²) in [4.78, 5) is 12.3. The molecule has 1 atom stereocenters. The summed E-state index contributed by atoms with van der Waals surface area (Å²) in [5, 5.41) is 7.86. The summed E-state index contributed by atoms with van der Waals surface area (Å²) in [6, 6.07) is 0.505. The number of hydrogen-bond donors (Lipinski definition) is 2.